The van der Waals surface area contributed by atoms with Gasteiger partial charge in [0.15, 0.2) is 0 Å². The lowest BCUT2D eigenvalue weighted by atomic mass is 10.2. The molecule has 0 saturated heterocycles. The van der Waals surface area contributed by atoms with Gasteiger partial charge in [-0.15, -0.1) is 0 Å². The first-order chi connectivity index (χ1) is 8.22. The predicted octanol–water partition coefficient (Wildman–Crippen LogP) is 2.05. The van der Waals surface area contributed by atoms with Crippen LogP contribution in [0.25, 0.3) is 0 Å². The molecule has 0 bridgehead atoms. The van der Waals surface area contributed by atoms with Gasteiger partial charge in [0.05, 0.1) is 5.02 Å². The molecule has 1 aromatic heterocycles. The SMILES string of the molecule is O=C(c1cc(Cl)c[nH]1)N(CCCCO)C1CC1. The standard InChI is InChI=1S/C12H17ClN2O2/c13-9-7-11(14-8-9)12(17)15(10-3-4-10)5-1-2-6-16/h7-8,10,14,16H,1-6H2. The van der Waals surface area contributed by atoms with E-state index < -0.39 is 0 Å². The van der Waals surface area contributed by atoms with Crippen LogP contribution in [0.1, 0.15) is 36.2 Å². The summed E-state index contributed by atoms with van der Waals surface area (Å²) in [5.74, 6) is 0.0114. The molecule has 5 heteroatoms. The number of H-pyrrole nitrogens is 1. The van der Waals surface area contributed by atoms with E-state index in [1.54, 1.807) is 12.3 Å². The van der Waals surface area contributed by atoms with Gasteiger partial charge < -0.3 is 15.0 Å². The zero-order valence-corrected chi connectivity index (χ0v) is 10.4. The Labute approximate surface area is 106 Å². The summed E-state index contributed by atoms with van der Waals surface area (Å²) in [6.07, 6.45) is 5.36. The molecule has 1 aliphatic carbocycles. The van der Waals surface area contributed by atoms with Crippen molar-refractivity contribution in [2.45, 2.75) is 31.7 Å². The second-order valence-electron chi connectivity index (χ2n) is 4.39. The topological polar surface area (TPSA) is 56.3 Å². The van der Waals surface area contributed by atoms with Crippen molar-refractivity contribution in [1.29, 1.82) is 0 Å². The smallest absolute Gasteiger partial charge is 0.270 e. The average Bonchev–Trinajstić information content (AvgIpc) is 3.06. The van der Waals surface area contributed by atoms with E-state index in [0.29, 0.717) is 23.3 Å². The third kappa shape index (κ3) is 3.23. The third-order valence-electron chi connectivity index (χ3n) is 2.93. The van der Waals surface area contributed by atoms with Crippen molar-refractivity contribution < 1.29 is 9.90 Å². The Balaban J connectivity index is 1.97. The van der Waals surface area contributed by atoms with Crippen molar-refractivity contribution in [2.24, 2.45) is 0 Å². The Hall–Kier alpha value is -1.00. The molecule has 0 aliphatic heterocycles. The second-order valence-corrected chi connectivity index (χ2v) is 4.83. The summed E-state index contributed by atoms with van der Waals surface area (Å²) in [4.78, 5) is 17.0. The van der Waals surface area contributed by atoms with Gasteiger partial charge >= 0.3 is 0 Å². The summed E-state index contributed by atoms with van der Waals surface area (Å²) in [5, 5.41) is 9.32. The van der Waals surface area contributed by atoms with E-state index in [1.165, 1.54) is 0 Å². The van der Waals surface area contributed by atoms with Crippen LogP contribution in [0.5, 0.6) is 0 Å². The monoisotopic (exact) mass is 256 g/mol. The molecule has 1 aliphatic rings. The molecule has 1 amide bonds. The zero-order valence-electron chi connectivity index (χ0n) is 9.66. The highest BCUT2D eigenvalue weighted by atomic mass is 35.5. The molecule has 4 nitrogen and oxygen atoms in total. The molecule has 0 atom stereocenters. The fraction of sp³-hybridized carbons (Fsp3) is 0.583. The molecule has 1 fully saturated rings. The number of aromatic nitrogens is 1. The molecule has 1 heterocycles. The fourth-order valence-electron chi connectivity index (χ4n) is 1.88. The Morgan fingerprint density at radius 2 is 2.29 bits per heavy atom. The number of unbranched alkanes of at least 4 members (excludes halogenated alkanes) is 1. The normalized spacial score (nSPS) is 14.9. The first-order valence-corrected chi connectivity index (χ1v) is 6.36. The number of carbonyl (C=O) groups excluding carboxylic acids is 1. The van der Waals surface area contributed by atoms with Gasteiger partial charge in [-0.05, 0) is 31.7 Å². The molecule has 1 aromatic rings. The lowest BCUT2D eigenvalue weighted by molar-refractivity contribution is 0.0731. The maximum atomic E-state index is 12.2. The largest absolute Gasteiger partial charge is 0.396 e. The predicted molar refractivity (Wildman–Crippen MR) is 66.2 cm³/mol. The van der Waals surface area contributed by atoms with Gasteiger partial charge in [0, 0.05) is 25.4 Å². The Morgan fingerprint density at radius 1 is 1.53 bits per heavy atom. The van der Waals surface area contributed by atoms with Gasteiger partial charge in [0.2, 0.25) is 0 Å². The minimum absolute atomic E-state index is 0.0114. The highest BCUT2D eigenvalue weighted by molar-refractivity contribution is 6.30. The number of amides is 1. The molecule has 17 heavy (non-hydrogen) atoms. The lowest BCUT2D eigenvalue weighted by Crippen LogP contribution is -2.34. The lowest BCUT2D eigenvalue weighted by Gasteiger charge is -2.21. The highest BCUT2D eigenvalue weighted by Gasteiger charge is 2.33. The molecule has 1 saturated carbocycles. The summed E-state index contributed by atoms with van der Waals surface area (Å²) in [7, 11) is 0. The van der Waals surface area contributed by atoms with Crippen LogP contribution in [0.15, 0.2) is 12.3 Å². The quantitative estimate of drug-likeness (QED) is 0.766. The van der Waals surface area contributed by atoms with Crippen LogP contribution in [0, 0.1) is 0 Å². The Kier molecular flexibility index (Phi) is 4.07. The Morgan fingerprint density at radius 3 is 2.82 bits per heavy atom. The van der Waals surface area contributed by atoms with Crippen LogP contribution in [-0.4, -0.2) is 40.1 Å². The summed E-state index contributed by atoms with van der Waals surface area (Å²) < 4.78 is 0. The molecule has 2 N–H and O–H groups in total. The summed E-state index contributed by atoms with van der Waals surface area (Å²) >= 11 is 5.80. The highest BCUT2D eigenvalue weighted by Crippen LogP contribution is 2.28. The summed E-state index contributed by atoms with van der Waals surface area (Å²) in [6.45, 7) is 0.891. The first-order valence-electron chi connectivity index (χ1n) is 5.98. The molecule has 0 aromatic carbocycles. The number of halogens is 1. The average molecular weight is 257 g/mol. The van der Waals surface area contributed by atoms with Gasteiger partial charge in [-0.1, -0.05) is 11.6 Å². The number of aromatic amines is 1. The van der Waals surface area contributed by atoms with Gasteiger partial charge in [0.1, 0.15) is 5.69 Å². The number of carbonyl (C=O) groups is 1. The maximum Gasteiger partial charge on any atom is 0.270 e. The molecule has 94 valence electrons. The van der Waals surface area contributed by atoms with Crippen LogP contribution < -0.4 is 0 Å². The first kappa shape index (κ1) is 12.5. The van der Waals surface area contributed by atoms with E-state index in [9.17, 15) is 4.79 Å². The number of rotatable bonds is 6. The molecule has 0 spiro atoms. The van der Waals surface area contributed by atoms with Gasteiger partial charge in [-0.2, -0.15) is 0 Å². The van der Waals surface area contributed by atoms with E-state index in [-0.39, 0.29) is 12.5 Å². The molecule has 0 unspecified atom stereocenters. The number of hydrogen-bond donors (Lipinski definition) is 2. The van der Waals surface area contributed by atoms with Crippen molar-refractivity contribution >= 4 is 17.5 Å². The molecule has 0 radical (unpaired) electrons. The van der Waals surface area contributed by atoms with Crippen molar-refractivity contribution in [1.82, 2.24) is 9.88 Å². The summed E-state index contributed by atoms with van der Waals surface area (Å²) in [6, 6.07) is 2.04. The van der Waals surface area contributed by atoms with E-state index in [4.69, 9.17) is 16.7 Å². The number of nitrogens with zero attached hydrogens (tertiary/aromatic N) is 1. The number of hydrogen-bond acceptors (Lipinski definition) is 2. The van der Waals surface area contributed by atoms with Crippen LogP contribution >= 0.6 is 11.6 Å². The van der Waals surface area contributed by atoms with Gasteiger partial charge in [-0.3, -0.25) is 4.79 Å². The Bertz CT molecular complexity index is 388. The van der Waals surface area contributed by atoms with E-state index in [1.807, 2.05) is 4.90 Å². The molecular formula is C12H17ClN2O2. The zero-order chi connectivity index (χ0) is 12.3. The van der Waals surface area contributed by atoms with Crippen LogP contribution in [0.4, 0.5) is 0 Å². The van der Waals surface area contributed by atoms with Crippen molar-refractivity contribution in [3.63, 3.8) is 0 Å². The van der Waals surface area contributed by atoms with E-state index in [0.717, 1.165) is 25.7 Å². The maximum absolute atomic E-state index is 12.2. The number of aliphatic hydroxyl groups excluding tert-OH is 1. The van der Waals surface area contributed by atoms with Crippen LogP contribution in [0.3, 0.4) is 0 Å². The third-order valence-corrected chi connectivity index (χ3v) is 3.15. The van der Waals surface area contributed by atoms with Crippen LogP contribution in [0.2, 0.25) is 5.02 Å². The van der Waals surface area contributed by atoms with Gasteiger partial charge in [-0.25, -0.2) is 0 Å². The number of nitrogens with one attached hydrogen (secondary N) is 1. The van der Waals surface area contributed by atoms with Gasteiger partial charge in [0.25, 0.3) is 5.91 Å². The van der Waals surface area contributed by atoms with E-state index >= 15 is 0 Å². The minimum atomic E-state index is 0.0114. The molecular weight excluding hydrogens is 240 g/mol. The summed E-state index contributed by atoms with van der Waals surface area (Å²) in [5.41, 5.74) is 0.547. The van der Waals surface area contributed by atoms with Crippen molar-refractivity contribution in [3.05, 3.63) is 23.0 Å². The van der Waals surface area contributed by atoms with Crippen molar-refractivity contribution in [3.8, 4) is 0 Å². The fourth-order valence-corrected chi connectivity index (χ4v) is 2.04. The molecule has 2 rings (SSSR count). The van der Waals surface area contributed by atoms with E-state index in [2.05, 4.69) is 4.98 Å². The number of aliphatic hydroxyl groups is 1. The van der Waals surface area contributed by atoms with Crippen LogP contribution in [-0.2, 0) is 0 Å². The minimum Gasteiger partial charge on any atom is -0.396 e. The second kappa shape index (κ2) is 5.56. The van der Waals surface area contributed by atoms with Crippen molar-refractivity contribution in [2.75, 3.05) is 13.2 Å².